The second-order valence-electron chi connectivity index (χ2n) is 4.16. The van der Waals surface area contributed by atoms with Crippen LogP contribution in [-0.4, -0.2) is 39.3 Å². The third kappa shape index (κ3) is 1.80. The van der Waals surface area contributed by atoms with Crippen molar-refractivity contribution in [3.05, 3.63) is 23.3 Å². The van der Waals surface area contributed by atoms with Crippen LogP contribution in [0.5, 0.6) is 0 Å². The Labute approximate surface area is 98.8 Å². The van der Waals surface area contributed by atoms with Gasteiger partial charge in [0.25, 0.3) is 11.8 Å². The predicted octanol–water partition coefficient (Wildman–Crippen LogP) is -0.0178. The highest BCUT2D eigenvalue weighted by molar-refractivity contribution is 6.20. The van der Waals surface area contributed by atoms with Crippen LogP contribution in [-0.2, 0) is 6.42 Å². The van der Waals surface area contributed by atoms with Crippen LogP contribution in [0.15, 0.2) is 6.20 Å². The zero-order valence-electron chi connectivity index (χ0n) is 9.80. The molecule has 0 saturated carbocycles. The maximum absolute atomic E-state index is 12.0. The molecule has 0 radical (unpaired) electrons. The lowest BCUT2D eigenvalue weighted by Crippen LogP contribution is -2.36. The van der Waals surface area contributed by atoms with Crippen molar-refractivity contribution in [2.75, 3.05) is 6.54 Å². The van der Waals surface area contributed by atoms with Gasteiger partial charge in [-0.25, -0.2) is 9.97 Å². The molecule has 1 aromatic heterocycles. The molecule has 1 aromatic rings. The lowest BCUT2D eigenvalue weighted by molar-refractivity contribution is 0.0607. The predicted molar refractivity (Wildman–Crippen MR) is 60.4 cm³/mol. The quantitative estimate of drug-likeness (QED) is 0.742. The molecule has 17 heavy (non-hydrogen) atoms. The van der Waals surface area contributed by atoms with Crippen molar-refractivity contribution in [3.63, 3.8) is 0 Å². The van der Waals surface area contributed by atoms with Gasteiger partial charge in [-0.1, -0.05) is 0 Å². The first-order valence-electron chi connectivity index (χ1n) is 5.50. The normalized spacial score (nSPS) is 14.7. The summed E-state index contributed by atoms with van der Waals surface area (Å²) in [7, 11) is 0. The van der Waals surface area contributed by atoms with E-state index in [2.05, 4.69) is 9.97 Å². The van der Waals surface area contributed by atoms with Crippen molar-refractivity contribution in [2.45, 2.75) is 26.3 Å². The maximum Gasteiger partial charge on any atom is 0.280 e. The summed E-state index contributed by atoms with van der Waals surface area (Å²) < 4.78 is 0. The summed E-state index contributed by atoms with van der Waals surface area (Å²) >= 11 is 0. The molecule has 2 rings (SSSR count). The van der Waals surface area contributed by atoms with Crippen LogP contribution in [0.1, 0.15) is 40.5 Å². The second kappa shape index (κ2) is 4.21. The number of amides is 2. The minimum absolute atomic E-state index is 0.179. The summed E-state index contributed by atoms with van der Waals surface area (Å²) in [4.78, 5) is 33.2. The maximum atomic E-state index is 12.0. The first-order chi connectivity index (χ1) is 8.06. The smallest absolute Gasteiger partial charge is 0.280 e. The molecule has 0 saturated heterocycles. The lowest BCUT2D eigenvalue weighted by Gasteiger charge is -2.17. The highest BCUT2D eigenvalue weighted by atomic mass is 16.2. The number of carbonyl (C=O) groups is 2. The van der Waals surface area contributed by atoms with Gasteiger partial charge in [0, 0.05) is 18.7 Å². The highest BCUT2D eigenvalue weighted by Crippen LogP contribution is 2.22. The molecule has 0 bridgehead atoms. The highest BCUT2D eigenvalue weighted by Gasteiger charge is 2.38. The molecule has 0 unspecified atom stereocenters. The van der Waals surface area contributed by atoms with Gasteiger partial charge in [0.1, 0.15) is 11.5 Å². The molecule has 2 heterocycles. The monoisotopic (exact) mass is 234 g/mol. The number of nitrogens with two attached hydrogens (primary N) is 1. The van der Waals surface area contributed by atoms with Crippen molar-refractivity contribution in [1.29, 1.82) is 0 Å². The van der Waals surface area contributed by atoms with E-state index in [4.69, 9.17) is 5.73 Å². The molecule has 0 aliphatic carbocycles. The van der Waals surface area contributed by atoms with Gasteiger partial charge in [-0.05, 0) is 20.4 Å². The van der Waals surface area contributed by atoms with Crippen LogP contribution in [0.2, 0.25) is 0 Å². The van der Waals surface area contributed by atoms with Gasteiger partial charge in [-0.3, -0.25) is 14.5 Å². The fraction of sp³-hybridized carbons (Fsp3) is 0.455. The van der Waals surface area contributed by atoms with Crippen molar-refractivity contribution in [2.24, 2.45) is 5.73 Å². The third-order valence-electron chi connectivity index (χ3n) is 2.59. The molecule has 2 amide bonds. The molecule has 1 aliphatic rings. The van der Waals surface area contributed by atoms with E-state index in [1.165, 1.54) is 11.1 Å². The van der Waals surface area contributed by atoms with E-state index in [0.717, 1.165) is 0 Å². The van der Waals surface area contributed by atoms with E-state index < -0.39 is 0 Å². The fourth-order valence-electron chi connectivity index (χ4n) is 1.79. The van der Waals surface area contributed by atoms with Crippen LogP contribution in [0, 0.1) is 0 Å². The molecule has 6 nitrogen and oxygen atoms in total. The number of hydrogen-bond donors (Lipinski definition) is 1. The van der Waals surface area contributed by atoms with Gasteiger partial charge < -0.3 is 5.73 Å². The molecule has 0 spiro atoms. The van der Waals surface area contributed by atoms with E-state index in [0.29, 0.717) is 18.8 Å². The summed E-state index contributed by atoms with van der Waals surface area (Å²) in [5.74, 6) is -0.169. The van der Waals surface area contributed by atoms with Crippen molar-refractivity contribution >= 4 is 11.8 Å². The van der Waals surface area contributed by atoms with Gasteiger partial charge in [0.05, 0.1) is 5.56 Å². The van der Waals surface area contributed by atoms with E-state index in [9.17, 15) is 9.59 Å². The average molecular weight is 234 g/mol. The van der Waals surface area contributed by atoms with Gasteiger partial charge in [-0.15, -0.1) is 0 Å². The Kier molecular flexibility index (Phi) is 2.89. The van der Waals surface area contributed by atoms with Crippen LogP contribution in [0.4, 0.5) is 0 Å². The molecule has 0 atom stereocenters. The van der Waals surface area contributed by atoms with Crippen LogP contribution >= 0.6 is 0 Å². The molecular weight excluding hydrogens is 220 g/mol. The topological polar surface area (TPSA) is 89.2 Å². The van der Waals surface area contributed by atoms with Crippen LogP contribution in [0.25, 0.3) is 0 Å². The van der Waals surface area contributed by atoms with Crippen LogP contribution < -0.4 is 5.73 Å². The molecule has 90 valence electrons. The third-order valence-corrected chi connectivity index (χ3v) is 2.59. The minimum atomic E-state index is -0.347. The molecular formula is C11H14N4O2. The summed E-state index contributed by atoms with van der Waals surface area (Å²) in [5.41, 5.74) is 5.88. The molecule has 2 N–H and O–H groups in total. The molecule has 0 fully saturated rings. The molecule has 1 aliphatic heterocycles. The van der Waals surface area contributed by atoms with Gasteiger partial charge >= 0.3 is 0 Å². The fourth-order valence-corrected chi connectivity index (χ4v) is 1.79. The Morgan fingerprint density at radius 3 is 2.65 bits per heavy atom. The number of hydrogen-bond acceptors (Lipinski definition) is 5. The average Bonchev–Trinajstić information content (AvgIpc) is 2.52. The Morgan fingerprint density at radius 1 is 1.35 bits per heavy atom. The van der Waals surface area contributed by atoms with E-state index in [-0.39, 0.29) is 29.1 Å². The summed E-state index contributed by atoms with van der Waals surface area (Å²) in [5, 5.41) is 0. The van der Waals surface area contributed by atoms with E-state index in [1.807, 2.05) is 0 Å². The number of nitrogens with zero attached hydrogens (tertiary/aromatic N) is 3. The number of carbonyl (C=O) groups excluding carboxylic acids is 2. The minimum Gasteiger partial charge on any atom is -0.330 e. The van der Waals surface area contributed by atoms with Gasteiger partial charge in [0.15, 0.2) is 0 Å². The lowest BCUT2D eigenvalue weighted by atomic mass is 10.2. The first kappa shape index (κ1) is 11.7. The van der Waals surface area contributed by atoms with Gasteiger partial charge in [0.2, 0.25) is 0 Å². The number of aromatic nitrogens is 2. The van der Waals surface area contributed by atoms with Crippen molar-refractivity contribution in [3.8, 4) is 0 Å². The Hall–Kier alpha value is -1.82. The summed E-state index contributed by atoms with van der Waals surface area (Å²) in [6.45, 7) is 3.99. The Balaban J connectivity index is 2.43. The van der Waals surface area contributed by atoms with Crippen molar-refractivity contribution in [1.82, 2.24) is 14.9 Å². The first-order valence-corrected chi connectivity index (χ1v) is 5.50. The number of imide groups is 1. The van der Waals surface area contributed by atoms with E-state index >= 15 is 0 Å². The van der Waals surface area contributed by atoms with Crippen LogP contribution in [0.3, 0.4) is 0 Å². The molecule has 0 aromatic carbocycles. The SMILES string of the molecule is CC(C)N1C(=O)c2cnc(CCN)nc2C1=O. The Bertz CT molecular complexity index is 484. The second-order valence-corrected chi connectivity index (χ2v) is 4.16. The largest absolute Gasteiger partial charge is 0.330 e. The standard InChI is InChI=1S/C11H14N4O2/c1-6(2)15-10(16)7-5-13-8(3-4-12)14-9(7)11(15)17/h5-6H,3-4,12H2,1-2H3. The number of rotatable bonds is 3. The molecule has 6 heteroatoms. The zero-order valence-corrected chi connectivity index (χ0v) is 9.80. The zero-order chi connectivity index (χ0) is 12.6. The van der Waals surface area contributed by atoms with Gasteiger partial charge in [-0.2, -0.15) is 0 Å². The summed E-state index contributed by atoms with van der Waals surface area (Å²) in [6, 6.07) is -0.179. The van der Waals surface area contributed by atoms with Crippen molar-refractivity contribution < 1.29 is 9.59 Å². The number of fused-ring (bicyclic) bond motifs is 1. The van der Waals surface area contributed by atoms with E-state index in [1.54, 1.807) is 13.8 Å². The summed E-state index contributed by atoms with van der Waals surface area (Å²) in [6.07, 6.45) is 1.91. The Morgan fingerprint density at radius 2 is 2.06 bits per heavy atom.